The minimum Gasteiger partial charge on any atom is -0.478 e. The van der Waals surface area contributed by atoms with Gasteiger partial charge in [0.2, 0.25) is 0 Å². The maximum Gasteiger partial charge on any atom is 0.337 e. The van der Waals surface area contributed by atoms with Crippen LogP contribution in [0.1, 0.15) is 30.6 Å². The van der Waals surface area contributed by atoms with E-state index in [1.54, 1.807) is 0 Å². The molecule has 2 N–H and O–H groups in total. The third-order valence-corrected chi connectivity index (χ3v) is 3.74. The van der Waals surface area contributed by atoms with Gasteiger partial charge >= 0.3 is 5.97 Å². The van der Waals surface area contributed by atoms with Crippen molar-refractivity contribution in [3.63, 3.8) is 0 Å². The monoisotopic (exact) mass is 254 g/mol. The molecule has 1 heterocycles. The highest BCUT2D eigenvalue weighted by Gasteiger charge is 2.45. The number of pyridine rings is 1. The standard InChI is InChI=1S/C12H15ClN2O2/c1-12(2)5-7(12)6-15-10-9(13)8(11(16)17)3-4-14-10/h3-4,7H,5-6H2,1-2H3,(H,14,15)(H,16,17). The fourth-order valence-electron chi connectivity index (χ4n) is 1.88. The number of rotatable bonds is 4. The summed E-state index contributed by atoms with van der Waals surface area (Å²) in [6.07, 6.45) is 2.63. The summed E-state index contributed by atoms with van der Waals surface area (Å²) in [6.45, 7) is 5.20. The largest absolute Gasteiger partial charge is 0.478 e. The summed E-state index contributed by atoms with van der Waals surface area (Å²) in [5.74, 6) is 0.0234. The number of carboxylic acids is 1. The maximum atomic E-state index is 10.9. The number of anilines is 1. The highest BCUT2D eigenvalue weighted by atomic mass is 35.5. The average molecular weight is 255 g/mol. The SMILES string of the molecule is CC1(C)CC1CNc1nccc(C(=O)O)c1Cl. The molecule has 17 heavy (non-hydrogen) atoms. The van der Waals surface area contributed by atoms with Crippen molar-refractivity contribution in [1.29, 1.82) is 0 Å². The lowest BCUT2D eigenvalue weighted by atomic mass is 10.1. The molecule has 1 aliphatic carbocycles. The quantitative estimate of drug-likeness (QED) is 0.867. The minimum absolute atomic E-state index is 0.0826. The van der Waals surface area contributed by atoms with E-state index in [0.717, 1.165) is 6.54 Å². The van der Waals surface area contributed by atoms with Gasteiger partial charge in [-0.2, -0.15) is 0 Å². The first-order valence-corrected chi connectivity index (χ1v) is 5.91. The summed E-state index contributed by atoms with van der Waals surface area (Å²) in [6, 6.07) is 1.40. The van der Waals surface area contributed by atoms with Crippen LogP contribution in [0.15, 0.2) is 12.3 Å². The summed E-state index contributed by atoms with van der Waals surface area (Å²) < 4.78 is 0. The van der Waals surface area contributed by atoms with Crippen LogP contribution in [0.4, 0.5) is 5.82 Å². The Kier molecular flexibility index (Phi) is 3.00. The van der Waals surface area contributed by atoms with Gasteiger partial charge in [0.15, 0.2) is 0 Å². The Labute approximate surface area is 105 Å². The molecule has 0 bridgehead atoms. The van der Waals surface area contributed by atoms with Gasteiger partial charge in [0.05, 0.1) is 10.6 Å². The van der Waals surface area contributed by atoms with Crippen molar-refractivity contribution in [3.8, 4) is 0 Å². The van der Waals surface area contributed by atoms with Gasteiger partial charge in [-0.3, -0.25) is 0 Å². The molecule has 0 aliphatic heterocycles. The molecule has 4 nitrogen and oxygen atoms in total. The number of nitrogens with one attached hydrogen (secondary N) is 1. The second-order valence-corrected chi connectivity index (χ2v) is 5.47. The number of halogens is 1. The summed E-state index contributed by atoms with van der Waals surface area (Å²) in [5, 5.41) is 12.2. The van der Waals surface area contributed by atoms with Gasteiger partial charge in [0.25, 0.3) is 0 Å². The van der Waals surface area contributed by atoms with Gasteiger partial charge in [-0.05, 0) is 23.8 Å². The molecule has 1 aromatic heterocycles. The predicted molar refractivity (Wildman–Crippen MR) is 66.6 cm³/mol. The Bertz CT molecular complexity index is 460. The highest BCUT2D eigenvalue weighted by molar-refractivity contribution is 6.35. The van der Waals surface area contributed by atoms with E-state index in [-0.39, 0.29) is 10.6 Å². The van der Waals surface area contributed by atoms with E-state index in [2.05, 4.69) is 24.1 Å². The van der Waals surface area contributed by atoms with Crippen LogP contribution in [0.3, 0.4) is 0 Å². The third kappa shape index (κ3) is 2.52. The van der Waals surface area contributed by atoms with E-state index < -0.39 is 5.97 Å². The van der Waals surface area contributed by atoms with E-state index >= 15 is 0 Å². The van der Waals surface area contributed by atoms with Crippen LogP contribution in [-0.4, -0.2) is 22.6 Å². The van der Waals surface area contributed by atoms with Crippen molar-refractivity contribution in [1.82, 2.24) is 4.98 Å². The molecule has 0 saturated heterocycles. The van der Waals surface area contributed by atoms with Gasteiger partial charge in [-0.15, -0.1) is 0 Å². The topological polar surface area (TPSA) is 62.2 Å². The minimum atomic E-state index is -1.03. The van der Waals surface area contributed by atoms with E-state index in [0.29, 0.717) is 17.2 Å². The van der Waals surface area contributed by atoms with Crippen LogP contribution >= 0.6 is 11.6 Å². The van der Waals surface area contributed by atoms with E-state index in [4.69, 9.17) is 16.7 Å². The molecule has 0 radical (unpaired) electrons. The molecular formula is C12H15ClN2O2. The molecule has 1 unspecified atom stereocenters. The van der Waals surface area contributed by atoms with Gasteiger partial charge in [0, 0.05) is 12.7 Å². The molecular weight excluding hydrogens is 240 g/mol. The molecule has 1 aliphatic rings. The average Bonchev–Trinajstić information content (AvgIpc) is 2.84. The summed E-state index contributed by atoms with van der Waals surface area (Å²) >= 11 is 5.97. The van der Waals surface area contributed by atoms with E-state index in [9.17, 15) is 4.79 Å². The van der Waals surface area contributed by atoms with Crippen LogP contribution in [0, 0.1) is 11.3 Å². The maximum absolute atomic E-state index is 10.9. The zero-order valence-corrected chi connectivity index (χ0v) is 10.6. The van der Waals surface area contributed by atoms with Crippen molar-refractivity contribution in [2.75, 3.05) is 11.9 Å². The van der Waals surface area contributed by atoms with Crippen molar-refractivity contribution in [2.24, 2.45) is 11.3 Å². The first-order chi connectivity index (χ1) is 7.92. The Morgan fingerprint density at radius 1 is 1.71 bits per heavy atom. The highest BCUT2D eigenvalue weighted by Crippen LogP contribution is 2.51. The zero-order chi connectivity index (χ0) is 12.6. The molecule has 1 saturated carbocycles. The Morgan fingerprint density at radius 2 is 2.35 bits per heavy atom. The van der Waals surface area contributed by atoms with Crippen LogP contribution < -0.4 is 5.32 Å². The van der Waals surface area contributed by atoms with Gasteiger partial charge < -0.3 is 10.4 Å². The van der Waals surface area contributed by atoms with Crippen molar-refractivity contribution in [3.05, 3.63) is 22.8 Å². The molecule has 1 aromatic rings. The first kappa shape index (κ1) is 12.2. The van der Waals surface area contributed by atoms with Gasteiger partial charge in [0.1, 0.15) is 5.82 Å². The Hall–Kier alpha value is -1.29. The third-order valence-electron chi connectivity index (χ3n) is 3.35. The number of aromatic carboxylic acids is 1. The zero-order valence-electron chi connectivity index (χ0n) is 9.83. The molecule has 5 heteroatoms. The van der Waals surface area contributed by atoms with Crippen LogP contribution in [0.25, 0.3) is 0 Å². The first-order valence-electron chi connectivity index (χ1n) is 5.53. The molecule has 0 aromatic carbocycles. The van der Waals surface area contributed by atoms with Crippen LogP contribution in [0.5, 0.6) is 0 Å². The number of hydrogen-bond donors (Lipinski definition) is 2. The number of nitrogens with zero attached hydrogens (tertiary/aromatic N) is 1. The molecule has 1 atom stereocenters. The van der Waals surface area contributed by atoms with Crippen LogP contribution in [-0.2, 0) is 0 Å². The lowest BCUT2D eigenvalue weighted by Gasteiger charge is -2.09. The van der Waals surface area contributed by atoms with E-state index in [1.165, 1.54) is 18.7 Å². The second-order valence-electron chi connectivity index (χ2n) is 5.10. The van der Waals surface area contributed by atoms with Gasteiger partial charge in [-0.1, -0.05) is 25.4 Å². The van der Waals surface area contributed by atoms with E-state index in [1.807, 2.05) is 0 Å². The van der Waals surface area contributed by atoms with Crippen molar-refractivity contribution in [2.45, 2.75) is 20.3 Å². The summed E-state index contributed by atoms with van der Waals surface area (Å²) in [4.78, 5) is 14.9. The Balaban J connectivity index is 2.06. The molecule has 2 rings (SSSR count). The summed E-state index contributed by atoms with van der Waals surface area (Å²) in [7, 11) is 0. The molecule has 0 spiro atoms. The molecule has 1 fully saturated rings. The molecule has 92 valence electrons. The second kappa shape index (κ2) is 4.18. The van der Waals surface area contributed by atoms with Gasteiger partial charge in [-0.25, -0.2) is 9.78 Å². The lowest BCUT2D eigenvalue weighted by Crippen LogP contribution is -2.10. The van der Waals surface area contributed by atoms with Crippen molar-refractivity contribution >= 4 is 23.4 Å². The Morgan fingerprint density at radius 3 is 2.88 bits per heavy atom. The fraction of sp³-hybridized carbons (Fsp3) is 0.500. The van der Waals surface area contributed by atoms with Crippen LogP contribution in [0.2, 0.25) is 5.02 Å². The normalized spacial score (nSPS) is 21.0. The molecule has 0 amide bonds. The fourth-order valence-corrected chi connectivity index (χ4v) is 2.14. The predicted octanol–water partition coefficient (Wildman–Crippen LogP) is 2.89. The summed E-state index contributed by atoms with van der Waals surface area (Å²) in [5.41, 5.74) is 0.461. The lowest BCUT2D eigenvalue weighted by molar-refractivity contribution is 0.0697. The van der Waals surface area contributed by atoms with Crippen molar-refractivity contribution < 1.29 is 9.90 Å². The smallest absolute Gasteiger partial charge is 0.337 e. The number of aromatic nitrogens is 1. The number of carbonyl (C=O) groups is 1. The number of hydrogen-bond acceptors (Lipinski definition) is 3. The number of carboxylic acid groups (broad SMARTS) is 1.